The molecule has 4 heteroatoms. The fraction of sp³-hybridized carbons (Fsp3) is 0.381. The molecule has 1 N–H and O–H groups in total. The average Bonchev–Trinajstić information content (AvgIpc) is 2.52. The minimum atomic E-state index is -0.928. The fourth-order valence-corrected chi connectivity index (χ4v) is 2.45. The molecule has 134 valence electrons. The minimum absolute atomic E-state index is 0.0628. The van der Waals surface area contributed by atoms with Gasteiger partial charge in [-0.15, -0.1) is 0 Å². The first-order valence-electron chi connectivity index (χ1n) is 8.43. The van der Waals surface area contributed by atoms with Gasteiger partial charge in [0.1, 0.15) is 18.1 Å². The molecule has 2 rings (SSSR count). The molecule has 2 aromatic rings. The normalized spacial score (nSPS) is 11.4. The van der Waals surface area contributed by atoms with E-state index >= 15 is 0 Å². The van der Waals surface area contributed by atoms with Crippen molar-refractivity contribution in [2.75, 3.05) is 0 Å². The highest BCUT2D eigenvalue weighted by atomic mass is 16.5. The molecule has 0 fully saturated rings. The van der Waals surface area contributed by atoms with E-state index in [0.717, 1.165) is 22.6 Å². The quantitative estimate of drug-likeness (QED) is 0.798. The Balaban J connectivity index is 2.15. The van der Waals surface area contributed by atoms with Crippen molar-refractivity contribution in [3.05, 3.63) is 59.2 Å². The number of carbonyl (C=O) groups is 1. The molecule has 0 amide bonds. The van der Waals surface area contributed by atoms with Gasteiger partial charge in [-0.3, -0.25) is 0 Å². The zero-order valence-corrected chi connectivity index (χ0v) is 15.5. The summed E-state index contributed by atoms with van der Waals surface area (Å²) in [5.74, 6) is 0.715. The van der Waals surface area contributed by atoms with Crippen molar-refractivity contribution in [2.45, 2.75) is 52.7 Å². The number of hydrogen-bond acceptors (Lipinski definition) is 3. The van der Waals surface area contributed by atoms with E-state index in [-0.39, 0.29) is 17.1 Å². The van der Waals surface area contributed by atoms with Crippen LogP contribution >= 0.6 is 0 Å². The van der Waals surface area contributed by atoms with Crippen molar-refractivity contribution in [3.63, 3.8) is 0 Å². The Morgan fingerprint density at radius 2 is 1.72 bits per heavy atom. The third kappa shape index (κ3) is 5.24. The smallest absolute Gasteiger partial charge is 0.335 e. The van der Waals surface area contributed by atoms with Crippen molar-refractivity contribution in [1.29, 1.82) is 0 Å². The SMILES string of the molecule is CC(C)Oc1ccc(OCc2ccc(C(=O)O)cc2)cc1C(C)(C)C. The largest absolute Gasteiger partial charge is 0.491 e. The molecule has 0 bridgehead atoms. The van der Waals surface area contributed by atoms with Crippen molar-refractivity contribution in [2.24, 2.45) is 0 Å². The second kappa shape index (κ2) is 7.60. The van der Waals surface area contributed by atoms with Crippen LogP contribution in [0.3, 0.4) is 0 Å². The summed E-state index contributed by atoms with van der Waals surface area (Å²) in [5, 5.41) is 8.94. The van der Waals surface area contributed by atoms with E-state index in [4.69, 9.17) is 14.6 Å². The van der Waals surface area contributed by atoms with Crippen LogP contribution in [-0.4, -0.2) is 17.2 Å². The topological polar surface area (TPSA) is 55.8 Å². The maximum absolute atomic E-state index is 10.9. The molecular formula is C21H26O4. The van der Waals surface area contributed by atoms with Gasteiger partial charge >= 0.3 is 5.97 Å². The minimum Gasteiger partial charge on any atom is -0.491 e. The molecule has 0 unspecified atom stereocenters. The Kier molecular flexibility index (Phi) is 5.73. The molecule has 0 radical (unpaired) electrons. The second-order valence-electron chi connectivity index (χ2n) is 7.37. The number of rotatable bonds is 6. The number of hydrogen-bond donors (Lipinski definition) is 1. The van der Waals surface area contributed by atoms with E-state index in [1.807, 2.05) is 32.0 Å². The van der Waals surface area contributed by atoms with Crippen LogP contribution in [0.25, 0.3) is 0 Å². The lowest BCUT2D eigenvalue weighted by molar-refractivity contribution is 0.0697. The molecule has 0 atom stereocenters. The first-order valence-corrected chi connectivity index (χ1v) is 8.43. The maximum atomic E-state index is 10.9. The Morgan fingerprint density at radius 1 is 1.08 bits per heavy atom. The van der Waals surface area contributed by atoms with Crippen LogP contribution in [0.5, 0.6) is 11.5 Å². The Bertz CT molecular complexity index is 725. The van der Waals surface area contributed by atoms with Crippen LogP contribution in [0.2, 0.25) is 0 Å². The van der Waals surface area contributed by atoms with Crippen LogP contribution in [0.4, 0.5) is 0 Å². The second-order valence-corrected chi connectivity index (χ2v) is 7.37. The van der Waals surface area contributed by atoms with Crippen LogP contribution in [0, 0.1) is 0 Å². The Labute approximate surface area is 149 Å². The lowest BCUT2D eigenvalue weighted by Crippen LogP contribution is -2.16. The van der Waals surface area contributed by atoms with E-state index in [0.29, 0.717) is 6.61 Å². The highest BCUT2D eigenvalue weighted by Crippen LogP contribution is 2.35. The van der Waals surface area contributed by atoms with Crippen LogP contribution in [0.15, 0.2) is 42.5 Å². The van der Waals surface area contributed by atoms with Crippen molar-refractivity contribution >= 4 is 5.97 Å². The van der Waals surface area contributed by atoms with Gasteiger partial charge in [0, 0.05) is 5.56 Å². The third-order valence-electron chi connectivity index (χ3n) is 3.73. The number of carboxylic acid groups (broad SMARTS) is 1. The summed E-state index contributed by atoms with van der Waals surface area (Å²) in [6.07, 6.45) is 0.112. The predicted octanol–water partition coefficient (Wildman–Crippen LogP) is 5.05. The standard InChI is InChI=1S/C21H26O4/c1-14(2)25-19-11-10-17(12-18(19)21(3,4)5)24-13-15-6-8-16(9-7-15)20(22)23/h6-12,14H,13H2,1-5H3,(H,22,23). The highest BCUT2D eigenvalue weighted by molar-refractivity contribution is 5.87. The van der Waals surface area contributed by atoms with E-state index in [9.17, 15) is 4.79 Å². The highest BCUT2D eigenvalue weighted by Gasteiger charge is 2.20. The van der Waals surface area contributed by atoms with Crippen molar-refractivity contribution in [1.82, 2.24) is 0 Å². The molecule has 2 aromatic carbocycles. The monoisotopic (exact) mass is 342 g/mol. The molecule has 0 aliphatic heterocycles. The predicted molar refractivity (Wildman–Crippen MR) is 98.6 cm³/mol. The fourth-order valence-electron chi connectivity index (χ4n) is 2.45. The van der Waals surface area contributed by atoms with E-state index in [1.54, 1.807) is 24.3 Å². The summed E-state index contributed by atoms with van der Waals surface area (Å²) < 4.78 is 11.8. The molecule has 0 aliphatic rings. The first-order chi connectivity index (χ1) is 11.7. The summed E-state index contributed by atoms with van der Waals surface area (Å²) in [6.45, 7) is 10.8. The van der Waals surface area contributed by atoms with E-state index in [2.05, 4.69) is 20.8 Å². The van der Waals surface area contributed by atoms with Gasteiger partial charge in [-0.2, -0.15) is 0 Å². The summed E-state index contributed by atoms with van der Waals surface area (Å²) >= 11 is 0. The van der Waals surface area contributed by atoms with Crippen LogP contribution < -0.4 is 9.47 Å². The molecular weight excluding hydrogens is 316 g/mol. The number of benzene rings is 2. The Hall–Kier alpha value is -2.49. The van der Waals surface area contributed by atoms with Gasteiger partial charge in [-0.05, 0) is 55.2 Å². The average molecular weight is 342 g/mol. The van der Waals surface area contributed by atoms with Gasteiger partial charge in [-0.1, -0.05) is 32.9 Å². The lowest BCUT2D eigenvalue weighted by Gasteiger charge is -2.25. The van der Waals surface area contributed by atoms with Gasteiger partial charge in [0.2, 0.25) is 0 Å². The molecule has 0 spiro atoms. The molecule has 0 saturated heterocycles. The van der Waals surface area contributed by atoms with Crippen LogP contribution in [-0.2, 0) is 12.0 Å². The third-order valence-corrected chi connectivity index (χ3v) is 3.73. The maximum Gasteiger partial charge on any atom is 0.335 e. The molecule has 0 aromatic heterocycles. The van der Waals surface area contributed by atoms with E-state index in [1.165, 1.54) is 0 Å². The summed E-state index contributed by atoms with van der Waals surface area (Å²) in [4.78, 5) is 10.9. The molecule has 0 saturated carbocycles. The van der Waals surface area contributed by atoms with Crippen molar-refractivity contribution < 1.29 is 19.4 Å². The summed E-state index contributed by atoms with van der Waals surface area (Å²) in [7, 11) is 0. The summed E-state index contributed by atoms with van der Waals surface area (Å²) in [6, 6.07) is 12.6. The van der Waals surface area contributed by atoms with Gasteiger partial charge in [0.25, 0.3) is 0 Å². The zero-order chi connectivity index (χ0) is 18.6. The zero-order valence-electron chi connectivity index (χ0n) is 15.5. The molecule has 0 heterocycles. The van der Waals surface area contributed by atoms with Gasteiger partial charge in [-0.25, -0.2) is 4.79 Å². The summed E-state index contributed by atoms with van der Waals surface area (Å²) in [5.41, 5.74) is 2.23. The molecule has 0 aliphatic carbocycles. The van der Waals surface area contributed by atoms with Gasteiger partial charge in [0.15, 0.2) is 0 Å². The molecule has 25 heavy (non-hydrogen) atoms. The number of carboxylic acids is 1. The Morgan fingerprint density at radius 3 is 2.24 bits per heavy atom. The van der Waals surface area contributed by atoms with Gasteiger partial charge < -0.3 is 14.6 Å². The molecule has 4 nitrogen and oxygen atoms in total. The lowest BCUT2D eigenvalue weighted by atomic mass is 9.86. The van der Waals surface area contributed by atoms with Crippen molar-refractivity contribution in [3.8, 4) is 11.5 Å². The number of aromatic carboxylic acids is 1. The van der Waals surface area contributed by atoms with E-state index < -0.39 is 5.97 Å². The first kappa shape index (κ1) is 18.8. The van der Waals surface area contributed by atoms with Crippen LogP contribution in [0.1, 0.15) is 56.1 Å². The number of ether oxygens (including phenoxy) is 2. The van der Waals surface area contributed by atoms with Gasteiger partial charge in [0.05, 0.1) is 11.7 Å².